The van der Waals surface area contributed by atoms with Crippen LogP contribution in [0.2, 0.25) is 19.6 Å². The van der Waals surface area contributed by atoms with E-state index in [1.54, 1.807) is 0 Å². The summed E-state index contributed by atoms with van der Waals surface area (Å²) in [5.74, 6) is 0.188. The first-order valence-corrected chi connectivity index (χ1v) is 9.60. The number of rotatable bonds is 4. The van der Waals surface area contributed by atoms with Crippen LogP contribution in [0.5, 0.6) is 0 Å². The van der Waals surface area contributed by atoms with Gasteiger partial charge >= 0.3 is 0 Å². The molecule has 1 nitrogen and oxygen atoms in total. The SMILES string of the molecule is CC(C)(/C=C/[Si](C)(C)C)C(=O)c1ccccc1. The van der Waals surface area contributed by atoms with Crippen LogP contribution in [0.15, 0.2) is 42.1 Å². The number of carbonyl (C=O) groups excluding carboxylic acids is 1. The maximum atomic E-state index is 12.3. The molecule has 1 aromatic rings. The van der Waals surface area contributed by atoms with E-state index in [1.165, 1.54) is 0 Å². The normalized spacial score (nSPS) is 13.0. The molecule has 1 rings (SSSR count). The summed E-state index contributed by atoms with van der Waals surface area (Å²) >= 11 is 0. The summed E-state index contributed by atoms with van der Waals surface area (Å²) in [6.07, 6.45) is 2.08. The minimum absolute atomic E-state index is 0.188. The van der Waals surface area contributed by atoms with Gasteiger partial charge in [0.15, 0.2) is 5.78 Å². The molecule has 0 aliphatic heterocycles. The van der Waals surface area contributed by atoms with E-state index in [0.717, 1.165) is 5.56 Å². The topological polar surface area (TPSA) is 17.1 Å². The number of hydrogen-bond acceptors (Lipinski definition) is 1. The zero-order chi connectivity index (χ0) is 13.1. The first-order valence-electron chi connectivity index (χ1n) is 6.03. The highest BCUT2D eigenvalue weighted by molar-refractivity contribution is 6.81. The predicted molar refractivity (Wildman–Crippen MR) is 77.0 cm³/mol. The molecule has 0 heterocycles. The molecule has 1 aromatic carbocycles. The quantitative estimate of drug-likeness (QED) is 0.571. The van der Waals surface area contributed by atoms with Gasteiger partial charge in [0.05, 0.1) is 8.07 Å². The van der Waals surface area contributed by atoms with E-state index in [4.69, 9.17) is 0 Å². The van der Waals surface area contributed by atoms with Gasteiger partial charge in [-0.1, -0.05) is 61.7 Å². The molecule has 0 atom stereocenters. The summed E-state index contributed by atoms with van der Waals surface area (Å²) in [6.45, 7) is 10.8. The van der Waals surface area contributed by atoms with Crippen molar-refractivity contribution in [2.24, 2.45) is 5.41 Å². The summed E-state index contributed by atoms with van der Waals surface area (Å²) in [5.41, 5.74) is 2.62. The maximum absolute atomic E-state index is 12.3. The lowest BCUT2D eigenvalue weighted by atomic mass is 9.84. The second-order valence-corrected chi connectivity index (χ2v) is 11.2. The predicted octanol–water partition coefficient (Wildman–Crippen LogP) is 4.33. The average Bonchev–Trinajstić information content (AvgIpc) is 2.26. The molecule has 2 heteroatoms. The molecule has 0 saturated heterocycles. The van der Waals surface area contributed by atoms with E-state index in [2.05, 4.69) is 31.4 Å². The summed E-state index contributed by atoms with van der Waals surface area (Å²) in [7, 11) is -1.25. The van der Waals surface area contributed by atoms with Crippen molar-refractivity contribution >= 4 is 13.9 Å². The van der Waals surface area contributed by atoms with Gasteiger partial charge in [0.1, 0.15) is 0 Å². The lowest BCUT2D eigenvalue weighted by Crippen LogP contribution is -2.24. The van der Waals surface area contributed by atoms with Crippen molar-refractivity contribution in [3.05, 3.63) is 47.7 Å². The molecule has 0 bridgehead atoms. The Balaban J connectivity index is 2.92. The maximum Gasteiger partial charge on any atom is 0.172 e. The van der Waals surface area contributed by atoms with Crippen molar-refractivity contribution in [2.45, 2.75) is 33.5 Å². The average molecular weight is 246 g/mol. The Morgan fingerprint density at radius 2 is 1.65 bits per heavy atom. The van der Waals surface area contributed by atoms with Crippen molar-refractivity contribution in [3.63, 3.8) is 0 Å². The van der Waals surface area contributed by atoms with Gasteiger partial charge in [-0.2, -0.15) is 0 Å². The first kappa shape index (κ1) is 13.9. The zero-order valence-corrected chi connectivity index (χ0v) is 12.4. The van der Waals surface area contributed by atoms with Crippen molar-refractivity contribution in [3.8, 4) is 0 Å². The standard InChI is InChI=1S/C15H22OSi/c1-15(2,11-12-17(3,4)5)14(16)13-9-7-6-8-10-13/h6-12H,1-5H3/b12-11+. The fraction of sp³-hybridized carbons (Fsp3) is 0.400. The monoisotopic (exact) mass is 246 g/mol. The fourth-order valence-electron chi connectivity index (χ4n) is 1.50. The molecule has 92 valence electrons. The molecule has 0 amide bonds. The lowest BCUT2D eigenvalue weighted by Gasteiger charge is -2.20. The van der Waals surface area contributed by atoms with E-state index in [1.807, 2.05) is 44.2 Å². The number of allylic oxidation sites excluding steroid dienone is 1. The van der Waals surface area contributed by atoms with Gasteiger partial charge in [-0.25, -0.2) is 0 Å². The highest BCUT2D eigenvalue weighted by atomic mass is 28.3. The minimum atomic E-state index is -1.25. The Hall–Kier alpha value is -1.15. The van der Waals surface area contributed by atoms with Crippen molar-refractivity contribution in [1.82, 2.24) is 0 Å². The van der Waals surface area contributed by atoms with E-state index in [-0.39, 0.29) is 5.78 Å². The summed E-state index contributed by atoms with van der Waals surface area (Å²) < 4.78 is 0. The third-order valence-corrected chi connectivity index (χ3v) is 3.79. The molecule has 0 unspecified atom stereocenters. The Labute approximate surface area is 106 Å². The molecule has 0 saturated carbocycles. The van der Waals surface area contributed by atoms with E-state index >= 15 is 0 Å². The van der Waals surface area contributed by atoms with Gasteiger partial charge in [0, 0.05) is 11.0 Å². The molecule has 0 aromatic heterocycles. The molecular weight excluding hydrogens is 224 g/mol. The number of ketones is 1. The fourth-order valence-corrected chi connectivity index (χ4v) is 2.41. The molecule has 0 N–H and O–H groups in total. The Morgan fingerprint density at radius 3 is 2.12 bits per heavy atom. The van der Waals surface area contributed by atoms with Gasteiger partial charge in [-0.15, -0.1) is 0 Å². The van der Waals surface area contributed by atoms with Gasteiger partial charge in [0.25, 0.3) is 0 Å². The van der Waals surface area contributed by atoms with Crippen LogP contribution in [0.1, 0.15) is 24.2 Å². The minimum Gasteiger partial charge on any atom is -0.293 e. The largest absolute Gasteiger partial charge is 0.293 e. The van der Waals surface area contributed by atoms with Crippen LogP contribution < -0.4 is 0 Å². The third-order valence-electron chi connectivity index (χ3n) is 2.62. The molecule has 0 aliphatic rings. The molecule has 0 aliphatic carbocycles. The Morgan fingerprint density at radius 1 is 1.12 bits per heavy atom. The summed E-state index contributed by atoms with van der Waals surface area (Å²) in [6, 6.07) is 9.51. The molecule has 17 heavy (non-hydrogen) atoms. The van der Waals surface area contributed by atoms with Gasteiger partial charge in [-0.3, -0.25) is 4.79 Å². The molecule has 0 fully saturated rings. The van der Waals surface area contributed by atoms with Gasteiger partial charge < -0.3 is 0 Å². The molecular formula is C15H22OSi. The van der Waals surface area contributed by atoms with E-state index < -0.39 is 13.5 Å². The van der Waals surface area contributed by atoms with Crippen LogP contribution in [0.4, 0.5) is 0 Å². The second kappa shape index (κ2) is 5.01. The van der Waals surface area contributed by atoms with Crippen molar-refractivity contribution in [1.29, 1.82) is 0 Å². The molecule has 0 radical (unpaired) electrons. The van der Waals surface area contributed by atoms with Crippen LogP contribution >= 0.6 is 0 Å². The van der Waals surface area contributed by atoms with E-state index in [9.17, 15) is 4.79 Å². The van der Waals surface area contributed by atoms with E-state index in [0.29, 0.717) is 0 Å². The number of hydrogen-bond donors (Lipinski definition) is 0. The second-order valence-electron chi connectivity index (χ2n) is 6.12. The van der Waals surface area contributed by atoms with Crippen molar-refractivity contribution in [2.75, 3.05) is 0 Å². The van der Waals surface area contributed by atoms with Crippen LogP contribution in [-0.4, -0.2) is 13.9 Å². The van der Waals surface area contributed by atoms with Crippen LogP contribution in [-0.2, 0) is 0 Å². The number of benzene rings is 1. The third kappa shape index (κ3) is 4.31. The lowest BCUT2D eigenvalue weighted by molar-refractivity contribution is 0.0885. The Kier molecular flexibility index (Phi) is 4.10. The summed E-state index contributed by atoms with van der Waals surface area (Å²) in [4.78, 5) is 12.3. The van der Waals surface area contributed by atoms with Gasteiger partial charge in [0.2, 0.25) is 0 Å². The highest BCUT2D eigenvalue weighted by Gasteiger charge is 2.26. The summed E-state index contributed by atoms with van der Waals surface area (Å²) in [5, 5.41) is 0. The highest BCUT2D eigenvalue weighted by Crippen LogP contribution is 2.24. The Bertz CT molecular complexity index is 410. The zero-order valence-electron chi connectivity index (χ0n) is 11.4. The van der Waals surface area contributed by atoms with Crippen molar-refractivity contribution < 1.29 is 4.79 Å². The number of Topliss-reactive ketones (excluding diaryl/α,β-unsaturated/α-hetero) is 1. The molecule has 0 spiro atoms. The number of carbonyl (C=O) groups is 1. The van der Waals surface area contributed by atoms with Gasteiger partial charge in [-0.05, 0) is 13.8 Å². The van der Waals surface area contributed by atoms with Crippen LogP contribution in [0.3, 0.4) is 0 Å². The van der Waals surface area contributed by atoms with Crippen LogP contribution in [0.25, 0.3) is 0 Å². The smallest absolute Gasteiger partial charge is 0.172 e. The van der Waals surface area contributed by atoms with Crippen LogP contribution in [0, 0.1) is 5.41 Å². The first-order chi connectivity index (χ1) is 7.72.